The summed E-state index contributed by atoms with van der Waals surface area (Å²) in [6, 6.07) is 7.96. The van der Waals surface area contributed by atoms with E-state index >= 15 is 0 Å². The zero-order valence-electron chi connectivity index (χ0n) is 12.5. The first kappa shape index (κ1) is 15.1. The molecule has 0 radical (unpaired) electrons. The summed E-state index contributed by atoms with van der Waals surface area (Å²) >= 11 is 5.91. The number of rotatable bonds is 2. The summed E-state index contributed by atoms with van der Waals surface area (Å²) < 4.78 is 2.46. The molecule has 0 atom stereocenters. The van der Waals surface area contributed by atoms with Crippen molar-refractivity contribution < 1.29 is 4.79 Å². The average molecular weight is 356 g/mol. The van der Waals surface area contributed by atoms with Crippen LogP contribution in [0.1, 0.15) is 0 Å². The number of nitrogens with zero attached hydrogens (tertiary/aromatic N) is 5. The molecule has 0 spiro atoms. The van der Waals surface area contributed by atoms with Gasteiger partial charge in [0.15, 0.2) is 11.2 Å². The van der Waals surface area contributed by atoms with E-state index in [9.17, 15) is 9.59 Å². The number of carbonyl (C=O) groups excluding carboxylic acids is 1. The number of primary amides is 1. The number of aromatic nitrogens is 5. The van der Waals surface area contributed by atoms with Crippen LogP contribution in [0.4, 0.5) is 4.79 Å². The fourth-order valence-electron chi connectivity index (χ4n) is 2.53. The minimum atomic E-state index is -0.861. The predicted octanol–water partition coefficient (Wildman–Crippen LogP) is 1.38. The Labute approximate surface area is 144 Å². The molecule has 0 saturated carbocycles. The van der Waals surface area contributed by atoms with Crippen LogP contribution in [0.15, 0.2) is 47.5 Å². The monoisotopic (exact) mass is 355 g/mol. The third kappa shape index (κ3) is 2.46. The van der Waals surface area contributed by atoms with Crippen molar-refractivity contribution in [3.63, 3.8) is 0 Å². The molecule has 0 saturated heterocycles. The predicted molar refractivity (Wildman–Crippen MR) is 91.9 cm³/mol. The fraction of sp³-hybridized carbons (Fsp3) is 0. The van der Waals surface area contributed by atoms with Crippen LogP contribution in [0.2, 0.25) is 5.02 Å². The van der Waals surface area contributed by atoms with Crippen molar-refractivity contribution in [3.05, 3.63) is 58.1 Å². The Balaban J connectivity index is 1.94. The molecule has 4 rings (SSSR count). The molecule has 0 aliphatic carbocycles. The number of benzene rings is 1. The van der Waals surface area contributed by atoms with Crippen molar-refractivity contribution in [1.82, 2.24) is 24.5 Å². The van der Waals surface area contributed by atoms with E-state index in [2.05, 4.69) is 20.7 Å². The van der Waals surface area contributed by atoms with E-state index in [4.69, 9.17) is 17.3 Å². The molecule has 0 unspecified atom stereocenters. The van der Waals surface area contributed by atoms with Gasteiger partial charge in [-0.15, -0.1) is 10.2 Å². The van der Waals surface area contributed by atoms with E-state index in [0.717, 1.165) is 15.8 Å². The van der Waals surface area contributed by atoms with Crippen molar-refractivity contribution in [2.75, 3.05) is 5.43 Å². The number of carbonyl (C=O) groups is 1. The van der Waals surface area contributed by atoms with E-state index in [-0.39, 0.29) is 5.52 Å². The molecule has 0 bridgehead atoms. The maximum atomic E-state index is 12.4. The van der Waals surface area contributed by atoms with Gasteiger partial charge in [0.05, 0.1) is 6.20 Å². The van der Waals surface area contributed by atoms with Crippen molar-refractivity contribution in [2.24, 2.45) is 5.73 Å². The van der Waals surface area contributed by atoms with Gasteiger partial charge in [-0.05, 0) is 23.8 Å². The molecule has 0 fully saturated rings. The molecule has 0 aliphatic rings. The van der Waals surface area contributed by atoms with Crippen LogP contribution < -0.4 is 16.7 Å². The minimum absolute atomic E-state index is 0.0505. The van der Waals surface area contributed by atoms with Gasteiger partial charge in [-0.25, -0.2) is 19.4 Å². The van der Waals surface area contributed by atoms with Gasteiger partial charge in [0.1, 0.15) is 5.52 Å². The van der Waals surface area contributed by atoms with Crippen molar-refractivity contribution in [2.45, 2.75) is 0 Å². The highest BCUT2D eigenvalue weighted by Crippen LogP contribution is 2.25. The molecule has 4 aromatic rings. The van der Waals surface area contributed by atoms with Gasteiger partial charge < -0.3 is 5.73 Å². The first-order chi connectivity index (χ1) is 12.0. The lowest BCUT2D eigenvalue weighted by atomic mass is 10.1. The number of nitrogens with one attached hydrogen (secondary N) is 1. The maximum Gasteiger partial charge on any atom is 0.331 e. The van der Waals surface area contributed by atoms with E-state index < -0.39 is 11.6 Å². The van der Waals surface area contributed by atoms with Gasteiger partial charge in [-0.3, -0.25) is 4.79 Å². The summed E-state index contributed by atoms with van der Waals surface area (Å²) in [6.07, 6.45) is 3.01. The molecular weight excluding hydrogens is 346 g/mol. The zero-order valence-corrected chi connectivity index (χ0v) is 13.3. The number of pyridine rings is 1. The van der Waals surface area contributed by atoms with Crippen LogP contribution in [0.3, 0.4) is 0 Å². The molecule has 2 amide bonds. The fourth-order valence-corrected chi connectivity index (χ4v) is 2.66. The first-order valence-corrected chi connectivity index (χ1v) is 7.50. The van der Waals surface area contributed by atoms with E-state index in [1.165, 1.54) is 10.7 Å². The van der Waals surface area contributed by atoms with Gasteiger partial charge >= 0.3 is 6.03 Å². The van der Waals surface area contributed by atoms with Crippen LogP contribution >= 0.6 is 11.6 Å². The standard InChI is InChI=1S/C15H10ClN7O2/c16-9-3-1-8(2-4-9)10-7-18-23-11-5-6-22(21-15(17)25)14(24)12(11)19-20-13(10)23/h1-7H,(H3,17,21,25). The molecule has 0 aliphatic heterocycles. The Morgan fingerprint density at radius 1 is 1.16 bits per heavy atom. The number of hydrogen-bond acceptors (Lipinski definition) is 5. The summed E-state index contributed by atoms with van der Waals surface area (Å²) in [5, 5.41) is 13.0. The Hall–Kier alpha value is -3.46. The summed E-state index contributed by atoms with van der Waals surface area (Å²) in [5.74, 6) is 0. The number of amides is 2. The molecule has 25 heavy (non-hydrogen) atoms. The molecule has 3 N–H and O–H groups in total. The quantitative estimate of drug-likeness (QED) is 0.562. The summed E-state index contributed by atoms with van der Waals surface area (Å²) in [6.45, 7) is 0. The smallest absolute Gasteiger partial charge is 0.331 e. The molecule has 3 aromatic heterocycles. The number of urea groups is 1. The highest BCUT2D eigenvalue weighted by molar-refractivity contribution is 6.30. The Morgan fingerprint density at radius 3 is 2.64 bits per heavy atom. The van der Waals surface area contributed by atoms with E-state index in [1.54, 1.807) is 24.4 Å². The average Bonchev–Trinajstić information content (AvgIpc) is 3.02. The Kier molecular flexibility index (Phi) is 3.36. The second-order valence-electron chi connectivity index (χ2n) is 5.20. The highest BCUT2D eigenvalue weighted by Gasteiger charge is 2.14. The van der Waals surface area contributed by atoms with Crippen molar-refractivity contribution in [1.29, 1.82) is 0 Å². The van der Waals surface area contributed by atoms with Gasteiger partial charge in [0, 0.05) is 16.8 Å². The molecular formula is C15H10ClN7O2. The van der Waals surface area contributed by atoms with Crippen LogP contribution in [0.5, 0.6) is 0 Å². The van der Waals surface area contributed by atoms with Gasteiger partial charge in [-0.2, -0.15) is 5.10 Å². The van der Waals surface area contributed by atoms with Crippen molar-refractivity contribution >= 4 is 34.3 Å². The molecule has 124 valence electrons. The SMILES string of the molecule is NC(=O)Nn1ccc2c(nnc3c(-c4ccc(Cl)cc4)cnn32)c1=O. The number of nitrogens with two attached hydrogens (primary N) is 1. The molecule has 10 heteroatoms. The highest BCUT2D eigenvalue weighted by atomic mass is 35.5. The lowest BCUT2D eigenvalue weighted by molar-refractivity contribution is 0.256. The summed E-state index contributed by atoms with van der Waals surface area (Å²) in [4.78, 5) is 23.3. The zero-order chi connectivity index (χ0) is 17.6. The van der Waals surface area contributed by atoms with Crippen LogP contribution in [-0.2, 0) is 0 Å². The van der Waals surface area contributed by atoms with E-state index in [1.807, 2.05) is 12.1 Å². The topological polar surface area (TPSA) is 120 Å². The van der Waals surface area contributed by atoms with E-state index in [0.29, 0.717) is 16.2 Å². The van der Waals surface area contributed by atoms with Crippen LogP contribution in [0, 0.1) is 0 Å². The molecule has 9 nitrogen and oxygen atoms in total. The van der Waals surface area contributed by atoms with Gasteiger partial charge in [-0.1, -0.05) is 23.7 Å². The third-order valence-corrected chi connectivity index (χ3v) is 3.90. The minimum Gasteiger partial charge on any atom is -0.350 e. The lowest BCUT2D eigenvalue weighted by Crippen LogP contribution is -2.36. The van der Waals surface area contributed by atoms with Gasteiger partial charge in [0.25, 0.3) is 5.56 Å². The first-order valence-electron chi connectivity index (χ1n) is 7.13. The Morgan fingerprint density at radius 2 is 1.92 bits per heavy atom. The molecule has 1 aromatic carbocycles. The largest absolute Gasteiger partial charge is 0.350 e. The van der Waals surface area contributed by atoms with Crippen LogP contribution in [0.25, 0.3) is 27.8 Å². The Bertz CT molecular complexity index is 1180. The number of fused-ring (bicyclic) bond motifs is 3. The molecule has 3 heterocycles. The number of hydrogen-bond donors (Lipinski definition) is 2. The third-order valence-electron chi connectivity index (χ3n) is 3.65. The maximum absolute atomic E-state index is 12.4. The summed E-state index contributed by atoms with van der Waals surface area (Å²) in [7, 11) is 0. The van der Waals surface area contributed by atoms with Crippen molar-refractivity contribution in [3.8, 4) is 11.1 Å². The summed E-state index contributed by atoms with van der Waals surface area (Å²) in [5.41, 5.74) is 9.28. The normalized spacial score (nSPS) is 11.1. The second-order valence-corrected chi connectivity index (χ2v) is 5.64. The second kappa shape index (κ2) is 5.56. The van der Waals surface area contributed by atoms with Gasteiger partial charge in [0.2, 0.25) is 0 Å². The number of halogens is 1. The lowest BCUT2D eigenvalue weighted by Gasteiger charge is -2.06. The van der Waals surface area contributed by atoms with Crippen LogP contribution in [-0.4, -0.2) is 30.5 Å².